The number of rotatable bonds is 8. The molecule has 2 aromatic carbocycles. The fourth-order valence-electron chi connectivity index (χ4n) is 2.56. The Balaban J connectivity index is 2.56. The van der Waals surface area contributed by atoms with Crippen LogP contribution in [0.2, 0.25) is 0 Å². The molecule has 0 N–H and O–H groups in total. The number of nitrogens with zero attached hydrogens (tertiary/aromatic N) is 1. The van der Waals surface area contributed by atoms with Crippen LogP contribution in [0.25, 0.3) is 0 Å². The maximum absolute atomic E-state index is 13.1. The molecule has 0 heterocycles. The number of anilines is 1. The van der Waals surface area contributed by atoms with E-state index in [1.165, 1.54) is 52.6 Å². The van der Waals surface area contributed by atoms with Gasteiger partial charge in [0.15, 0.2) is 11.5 Å². The van der Waals surface area contributed by atoms with E-state index in [-0.39, 0.29) is 27.6 Å². The van der Waals surface area contributed by atoms with Gasteiger partial charge in [0.25, 0.3) is 10.0 Å². The molecule has 0 unspecified atom stereocenters. The van der Waals surface area contributed by atoms with Crippen molar-refractivity contribution in [3.8, 4) is 17.2 Å². The summed E-state index contributed by atoms with van der Waals surface area (Å²) in [5, 5.41) is 0. The quantitative estimate of drug-likeness (QED) is 0.619. The third-order valence-electron chi connectivity index (χ3n) is 4.04. The summed E-state index contributed by atoms with van der Waals surface area (Å²) in [6.07, 6.45) is 0. The van der Waals surface area contributed by atoms with Crippen LogP contribution in [0.5, 0.6) is 17.2 Å². The molecule has 0 bridgehead atoms. The zero-order valence-corrected chi connectivity index (χ0v) is 17.2. The third-order valence-corrected chi connectivity index (χ3v) is 5.83. The van der Waals surface area contributed by atoms with Crippen LogP contribution in [0.3, 0.4) is 0 Å². The molecule has 0 aliphatic heterocycles. The molecule has 9 heteroatoms. The van der Waals surface area contributed by atoms with E-state index in [0.717, 1.165) is 4.31 Å². The first kappa shape index (κ1) is 21.4. The topological polar surface area (TPSA) is 91.4 Å². The van der Waals surface area contributed by atoms with Crippen LogP contribution in [-0.4, -0.2) is 49.4 Å². The average Bonchev–Trinajstić information content (AvgIpc) is 2.72. The lowest BCUT2D eigenvalue weighted by Crippen LogP contribution is -2.28. The Morgan fingerprint density at radius 1 is 1.00 bits per heavy atom. The largest absolute Gasteiger partial charge is 0.494 e. The van der Waals surface area contributed by atoms with Crippen LogP contribution >= 0.6 is 0 Å². The highest BCUT2D eigenvalue weighted by Crippen LogP contribution is 2.37. The monoisotopic (exact) mass is 409 g/mol. The summed E-state index contributed by atoms with van der Waals surface area (Å²) in [6, 6.07) is 8.81. The number of sulfonamides is 1. The van der Waals surface area contributed by atoms with Gasteiger partial charge in [-0.3, -0.25) is 4.31 Å². The third kappa shape index (κ3) is 4.14. The Bertz CT molecular complexity index is 939. The van der Waals surface area contributed by atoms with E-state index >= 15 is 0 Å². The molecule has 2 rings (SSSR count). The van der Waals surface area contributed by atoms with E-state index in [1.807, 2.05) is 6.92 Å². The number of ether oxygens (including phenoxy) is 4. The molecule has 0 saturated heterocycles. The summed E-state index contributed by atoms with van der Waals surface area (Å²) in [5.41, 5.74) is 0.121. The molecule has 0 atom stereocenters. The van der Waals surface area contributed by atoms with Gasteiger partial charge in [0.1, 0.15) is 5.75 Å². The summed E-state index contributed by atoms with van der Waals surface area (Å²) in [6.45, 7) is 2.31. The van der Waals surface area contributed by atoms with E-state index in [1.54, 1.807) is 12.1 Å². The minimum absolute atomic E-state index is 0.0251. The predicted molar refractivity (Wildman–Crippen MR) is 104 cm³/mol. The molecule has 0 amide bonds. The Morgan fingerprint density at radius 3 is 2.07 bits per heavy atom. The number of methoxy groups -OCH3 is 3. The zero-order valence-electron chi connectivity index (χ0n) is 16.4. The molecular weight excluding hydrogens is 386 g/mol. The lowest BCUT2D eigenvalue weighted by molar-refractivity contribution is 0.0601. The summed E-state index contributed by atoms with van der Waals surface area (Å²) in [4.78, 5) is 12.3. The first-order valence-corrected chi connectivity index (χ1v) is 9.80. The van der Waals surface area contributed by atoms with E-state index < -0.39 is 16.0 Å². The molecule has 0 aliphatic carbocycles. The molecule has 152 valence electrons. The number of benzene rings is 2. The highest BCUT2D eigenvalue weighted by molar-refractivity contribution is 7.92. The number of carbonyl (C=O) groups is 1. The van der Waals surface area contributed by atoms with Crippen molar-refractivity contribution in [2.75, 3.05) is 39.3 Å². The van der Waals surface area contributed by atoms with Crippen molar-refractivity contribution >= 4 is 21.7 Å². The van der Waals surface area contributed by atoms with Gasteiger partial charge in [-0.05, 0) is 31.2 Å². The van der Waals surface area contributed by atoms with Crippen LogP contribution < -0.4 is 18.5 Å². The summed E-state index contributed by atoms with van der Waals surface area (Å²) < 4.78 is 47.7. The fraction of sp³-hybridized carbons (Fsp3) is 0.316. The van der Waals surface area contributed by atoms with Gasteiger partial charge in [0, 0.05) is 19.2 Å². The lowest BCUT2D eigenvalue weighted by atomic mass is 10.1. The van der Waals surface area contributed by atoms with Crippen molar-refractivity contribution in [2.24, 2.45) is 0 Å². The van der Waals surface area contributed by atoms with Gasteiger partial charge in [-0.1, -0.05) is 0 Å². The van der Waals surface area contributed by atoms with Gasteiger partial charge in [-0.2, -0.15) is 0 Å². The molecule has 0 aliphatic rings. The first-order valence-electron chi connectivity index (χ1n) is 8.36. The van der Waals surface area contributed by atoms with Crippen LogP contribution in [0.1, 0.15) is 17.3 Å². The molecule has 0 spiro atoms. The predicted octanol–water partition coefficient (Wildman–Crippen LogP) is 2.71. The Kier molecular flexibility index (Phi) is 6.74. The Labute approximate surface area is 164 Å². The molecule has 28 heavy (non-hydrogen) atoms. The van der Waals surface area contributed by atoms with E-state index in [0.29, 0.717) is 12.4 Å². The van der Waals surface area contributed by atoms with E-state index in [2.05, 4.69) is 0 Å². The van der Waals surface area contributed by atoms with Crippen molar-refractivity contribution in [3.63, 3.8) is 0 Å². The zero-order chi connectivity index (χ0) is 20.9. The highest BCUT2D eigenvalue weighted by atomic mass is 32.2. The second kappa shape index (κ2) is 8.83. The number of hydrogen-bond donors (Lipinski definition) is 0. The van der Waals surface area contributed by atoms with Gasteiger partial charge in [-0.15, -0.1) is 0 Å². The van der Waals surface area contributed by atoms with Crippen molar-refractivity contribution in [1.82, 2.24) is 0 Å². The van der Waals surface area contributed by atoms with E-state index in [4.69, 9.17) is 18.9 Å². The summed E-state index contributed by atoms with van der Waals surface area (Å²) in [7, 11) is 1.43. The highest BCUT2D eigenvalue weighted by Gasteiger charge is 2.28. The number of carbonyl (C=O) groups excluding carboxylic acids is 1. The van der Waals surface area contributed by atoms with Crippen molar-refractivity contribution in [3.05, 3.63) is 42.0 Å². The van der Waals surface area contributed by atoms with Gasteiger partial charge >= 0.3 is 5.97 Å². The first-order chi connectivity index (χ1) is 13.3. The fourth-order valence-corrected chi connectivity index (χ4v) is 3.77. The number of esters is 1. The lowest BCUT2D eigenvalue weighted by Gasteiger charge is -2.23. The minimum atomic E-state index is -3.96. The van der Waals surface area contributed by atoms with Crippen LogP contribution in [0.4, 0.5) is 5.69 Å². The SMILES string of the molecule is CCOc1ccc(S(=O)(=O)N(C)c2cc(OC)c(OC)cc2C(=O)OC)cc1. The molecule has 0 radical (unpaired) electrons. The van der Waals surface area contributed by atoms with Crippen LogP contribution in [0, 0.1) is 0 Å². The Hall–Kier alpha value is -2.94. The van der Waals surface area contributed by atoms with E-state index in [9.17, 15) is 13.2 Å². The average molecular weight is 409 g/mol. The second-order valence-electron chi connectivity index (χ2n) is 5.59. The van der Waals surface area contributed by atoms with Crippen LogP contribution in [-0.2, 0) is 14.8 Å². The van der Waals surface area contributed by atoms with Crippen LogP contribution in [0.15, 0.2) is 41.3 Å². The number of hydrogen-bond acceptors (Lipinski definition) is 7. The standard InChI is InChI=1S/C19H23NO7S/c1-6-27-13-7-9-14(10-8-13)28(22,23)20(2)16-12-18(25-4)17(24-3)11-15(16)19(21)26-5/h7-12H,6H2,1-5H3. The maximum Gasteiger partial charge on any atom is 0.340 e. The molecule has 0 fully saturated rings. The maximum atomic E-state index is 13.1. The van der Waals surface area contributed by atoms with Gasteiger partial charge in [0.2, 0.25) is 0 Å². The molecular formula is C19H23NO7S. The molecule has 2 aromatic rings. The normalized spacial score (nSPS) is 10.9. The van der Waals surface area contributed by atoms with Crippen molar-refractivity contribution in [2.45, 2.75) is 11.8 Å². The smallest absolute Gasteiger partial charge is 0.340 e. The van der Waals surface area contributed by atoms with Crippen molar-refractivity contribution in [1.29, 1.82) is 0 Å². The minimum Gasteiger partial charge on any atom is -0.494 e. The molecule has 0 saturated carbocycles. The Morgan fingerprint density at radius 2 is 1.57 bits per heavy atom. The second-order valence-corrected chi connectivity index (χ2v) is 7.56. The van der Waals surface area contributed by atoms with Crippen molar-refractivity contribution < 1.29 is 32.2 Å². The summed E-state index contributed by atoms with van der Waals surface area (Å²) >= 11 is 0. The van der Waals surface area contributed by atoms with Gasteiger partial charge in [0.05, 0.1) is 44.1 Å². The van der Waals surface area contributed by atoms with Gasteiger partial charge in [-0.25, -0.2) is 13.2 Å². The molecule has 8 nitrogen and oxygen atoms in total. The summed E-state index contributed by atoms with van der Waals surface area (Å²) in [5.74, 6) is 0.410. The molecule has 0 aromatic heterocycles. The van der Waals surface area contributed by atoms with Gasteiger partial charge < -0.3 is 18.9 Å².